The molecule has 0 amide bonds. The van der Waals surface area contributed by atoms with E-state index in [1.165, 1.54) is 0 Å². The average Bonchev–Trinajstić information content (AvgIpc) is 2.51. The van der Waals surface area contributed by atoms with Gasteiger partial charge >= 0.3 is 0 Å². The van der Waals surface area contributed by atoms with Crippen LogP contribution in [0.1, 0.15) is 0 Å². The SMILES string of the molecule is Clc1nc(-c2ncc(Br)cc2Br)ns1. The van der Waals surface area contributed by atoms with Crippen LogP contribution in [0.4, 0.5) is 0 Å². The van der Waals surface area contributed by atoms with Crippen molar-refractivity contribution >= 4 is 55.0 Å². The molecule has 0 fully saturated rings. The monoisotopic (exact) mass is 353 g/mol. The molecule has 0 unspecified atom stereocenters. The summed E-state index contributed by atoms with van der Waals surface area (Å²) in [4.78, 5) is 8.23. The Balaban J connectivity index is 2.52. The first-order valence-electron chi connectivity index (χ1n) is 3.47. The first-order valence-corrected chi connectivity index (χ1v) is 6.21. The summed E-state index contributed by atoms with van der Waals surface area (Å²) in [6.07, 6.45) is 1.69. The molecule has 7 heteroatoms. The standard InChI is InChI=1S/C7H2Br2ClN3S/c8-3-1-4(9)5(11-2-3)6-12-7(10)14-13-6/h1-2H. The van der Waals surface area contributed by atoms with Gasteiger partial charge in [0.1, 0.15) is 5.69 Å². The summed E-state index contributed by atoms with van der Waals surface area (Å²) in [6, 6.07) is 1.89. The maximum atomic E-state index is 5.69. The number of rotatable bonds is 1. The summed E-state index contributed by atoms with van der Waals surface area (Å²) < 4.78 is 6.21. The highest BCUT2D eigenvalue weighted by Crippen LogP contribution is 2.28. The molecule has 0 saturated heterocycles. The van der Waals surface area contributed by atoms with E-state index in [2.05, 4.69) is 46.2 Å². The molecule has 2 rings (SSSR count). The molecule has 2 aromatic rings. The van der Waals surface area contributed by atoms with Crippen molar-refractivity contribution < 1.29 is 0 Å². The van der Waals surface area contributed by atoms with Crippen molar-refractivity contribution in [2.45, 2.75) is 0 Å². The van der Waals surface area contributed by atoms with Crippen LogP contribution in [-0.2, 0) is 0 Å². The number of hydrogen-bond acceptors (Lipinski definition) is 4. The first kappa shape index (κ1) is 10.5. The number of hydrogen-bond donors (Lipinski definition) is 0. The predicted molar refractivity (Wildman–Crippen MR) is 63.6 cm³/mol. The van der Waals surface area contributed by atoms with Crippen LogP contribution in [0.25, 0.3) is 11.5 Å². The Bertz CT molecular complexity index is 474. The first-order chi connectivity index (χ1) is 6.66. The van der Waals surface area contributed by atoms with Crippen LogP contribution in [0.15, 0.2) is 21.2 Å². The highest BCUT2D eigenvalue weighted by molar-refractivity contribution is 9.11. The molecule has 2 heterocycles. The van der Waals surface area contributed by atoms with Gasteiger partial charge in [0.25, 0.3) is 0 Å². The fourth-order valence-electron chi connectivity index (χ4n) is 0.880. The third-order valence-electron chi connectivity index (χ3n) is 1.42. The molecule has 0 spiro atoms. The minimum absolute atomic E-state index is 0.414. The van der Waals surface area contributed by atoms with E-state index in [9.17, 15) is 0 Å². The zero-order valence-corrected chi connectivity index (χ0v) is 11.3. The van der Waals surface area contributed by atoms with E-state index in [0.717, 1.165) is 20.5 Å². The van der Waals surface area contributed by atoms with Crippen LogP contribution in [0.2, 0.25) is 4.47 Å². The van der Waals surface area contributed by atoms with Gasteiger partial charge in [0.15, 0.2) is 5.82 Å². The highest BCUT2D eigenvalue weighted by Gasteiger charge is 2.10. The van der Waals surface area contributed by atoms with Crippen LogP contribution in [0.5, 0.6) is 0 Å². The fraction of sp³-hybridized carbons (Fsp3) is 0. The number of aromatic nitrogens is 3. The Kier molecular flexibility index (Phi) is 3.16. The molecule has 0 aliphatic rings. The minimum atomic E-state index is 0.414. The summed E-state index contributed by atoms with van der Waals surface area (Å²) in [5, 5.41) is 0. The predicted octanol–water partition coefficient (Wildman–Crippen LogP) is 3.78. The second-order valence-electron chi connectivity index (χ2n) is 2.35. The smallest absolute Gasteiger partial charge is 0.203 e. The van der Waals surface area contributed by atoms with Crippen molar-refractivity contribution in [2.24, 2.45) is 0 Å². The van der Waals surface area contributed by atoms with Crippen LogP contribution in [-0.4, -0.2) is 14.3 Å². The zero-order valence-electron chi connectivity index (χ0n) is 6.54. The lowest BCUT2D eigenvalue weighted by Gasteiger charge is -1.98. The second kappa shape index (κ2) is 4.22. The lowest BCUT2D eigenvalue weighted by atomic mass is 10.3. The van der Waals surface area contributed by atoms with Gasteiger partial charge in [0.2, 0.25) is 4.47 Å². The third-order valence-corrected chi connectivity index (χ3v) is 3.26. The molecule has 3 nitrogen and oxygen atoms in total. The maximum absolute atomic E-state index is 5.69. The van der Waals surface area contributed by atoms with E-state index in [1.807, 2.05) is 6.07 Å². The molecule has 0 bridgehead atoms. The minimum Gasteiger partial charge on any atom is -0.250 e. The van der Waals surface area contributed by atoms with E-state index in [4.69, 9.17) is 11.6 Å². The van der Waals surface area contributed by atoms with Gasteiger partial charge in [-0.25, -0.2) is 4.98 Å². The molecule has 0 N–H and O–H groups in total. The van der Waals surface area contributed by atoms with E-state index in [-0.39, 0.29) is 0 Å². The van der Waals surface area contributed by atoms with E-state index in [1.54, 1.807) is 6.20 Å². The van der Waals surface area contributed by atoms with Crippen LogP contribution < -0.4 is 0 Å². The largest absolute Gasteiger partial charge is 0.250 e. The van der Waals surface area contributed by atoms with Crippen LogP contribution >= 0.6 is 55.0 Å². The van der Waals surface area contributed by atoms with Gasteiger partial charge in [-0.2, -0.15) is 4.37 Å². The maximum Gasteiger partial charge on any atom is 0.203 e. The average molecular weight is 355 g/mol. The summed E-state index contributed by atoms with van der Waals surface area (Å²) in [6.45, 7) is 0. The summed E-state index contributed by atoms with van der Waals surface area (Å²) >= 11 is 13.5. The van der Waals surface area contributed by atoms with Crippen molar-refractivity contribution in [2.75, 3.05) is 0 Å². The van der Waals surface area contributed by atoms with E-state index < -0.39 is 0 Å². The van der Waals surface area contributed by atoms with Gasteiger partial charge < -0.3 is 0 Å². The molecule has 2 aromatic heterocycles. The van der Waals surface area contributed by atoms with Crippen LogP contribution in [0, 0.1) is 0 Å². The quantitative estimate of drug-likeness (QED) is 0.781. The molecule has 0 atom stereocenters. The molecule has 0 aliphatic carbocycles. The highest BCUT2D eigenvalue weighted by atomic mass is 79.9. The van der Waals surface area contributed by atoms with Gasteiger partial charge in [-0.05, 0) is 61.1 Å². The molecule has 0 aliphatic heterocycles. The lowest BCUT2D eigenvalue weighted by Crippen LogP contribution is -1.87. The van der Waals surface area contributed by atoms with Gasteiger partial charge in [0, 0.05) is 15.1 Å². The lowest BCUT2D eigenvalue weighted by molar-refractivity contribution is 1.21. The summed E-state index contributed by atoms with van der Waals surface area (Å²) in [7, 11) is 0. The molecular weight excluding hydrogens is 353 g/mol. The van der Waals surface area contributed by atoms with Gasteiger partial charge in [0.05, 0.1) is 0 Å². The Morgan fingerprint density at radius 1 is 1.36 bits per heavy atom. The van der Waals surface area contributed by atoms with Crippen molar-refractivity contribution in [3.63, 3.8) is 0 Å². The zero-order chi connectivity index (χ0) is 10.1. The van der Waals surface area contributed by atoms with E-state index in [0.29, 0.717) is 16.0 Å². The Hall–Kier alpha value is -0.0400. The third kappa shape index (κ3) is 2.13. The topological polar surface area (TPSA) is 38.7 Å². The molecule has 0 saturated carbocycles. The van der Waals surface area contributed by atoms with Gasteiger partial charge in [-0.15, -0.1) is 0 Å². The van der Waals surface area contributed by atoms with E-state index >= 15 is 0 Å². The van der Waals surface area contributed by atoms with Crippen molar-refractivity contribution in [1.29, 1.82) is 0 Å². The Labute approximate surface area is 106 Å². The van der Waals surface area contributed by atoms with Gasteiger partial charge in [-0.3, -0.25) is 4.98 Å². The summed E-state index contributed by atoms with van der Waals surface area (Å²) in [5.74, 6) is 0.541. The van der Waals surface area contributed by atoms with Gasteiger partial charge in [-0.1, -0.05) is 0 Å². The molecule has 0 radical (unpaired) electrons. The Morgan fingerprint density at radius 2 is 2.14 bits per heavy atom. The van der Waals surface area contributed by atoms with Crippen molar-refractivity contribution in [3.05, 3.63) is 25.7 Å². The van der Waals surface area contributed by atoms with Crippen LogP contribution in [0.3, 0.4) is 0 Å². The normalized spacial score (nSPS) is 10.5. The second-order valence-corrected chi connectivity index (χ2v) is 5.46. The number of nitrogens with zero attached hydrogens (tertiary/aromatic N) is 3. The number of pyridine rings is 1. The molecule has 72 valence electrons. The summed E-state index contributed by atoms with van der Waals surface area (Å²) in [5.41, 5.74) is 0.691. The molecular formula is C7H2Br2ClN3S. The number of halogens is 3. The fourth-order valence-corrected chi connectivity index (χ4v) is 2.65. The molecule has 0 aromatic carbocycles. The molecule has 14 heavy (non-hydrogen) atoms. The Morgan fingerprint density at radius 3 is 2.71 bits per heavy atom. The van der Waals surface area contributed by atoms with Crippen molar-refractivity contribution in [1.82, 2.24) is 14.3 Å². The van der Waals surface area contributed by atoms with Crippen molar-refractivity contribution in [3.8, 4) is 11.5 Å².